The number of pyridine rings is 1. The first-order valence-corrected chi connectivity index (χ1v) is 19.7. The Morgan fingerprint density at radius 1 is 0.446 bits per heavy atom. The molecule has 0 N–H and O–H groups in total. The number of thiophene rings is 1. The maximum Gasteiger partial charge on any atom is 0.156 e. The van der Waals surface area contributed by atoms with Gasteiger partial charge in [-0.2, -0.15) is 5.26 Å². The third-order valence-corrected chi connectivity index (χ3v) is 12.9. The molecule has 3 aromatic heterocycles. The quantitative estimate of drug-likeness (QED) is 0.170. The molecule has 9 aromatic carbocycles. The average Bonchev–Trinajstić information content (AvgIpc) is 3.85. The molecule has 0 aliphatic carbocycles. The van der Waals surface area contributed by atoms with Crippen LogP contribution >= 0.6 is 11.3 Å². The zero-order valence-corrected chi connectivity index (χ0v) is 30.8. The van der Waals surface area contributed by atoms with Crippen molar-refractivity contribution in [3.63, 3.8) is 0 Å². The maximum absolute atomic E-state index is 9.34. The van der Waals surface area contributed by atoms with Crippen molar-refractivity contribution in [1.82, 2.24) is 9.38 Å². The van der Waals surface area contributed by atoms with Crippen molar-refractivity contribution >= 4 is 91.3 Å². The van der Waals surface area contributed by atoms with E-state index in [1.165, 1.54) is 68.8 Å². The topological polar surface area (TPSA) is 41.1 Å². The molecule has 0 radical (unpaired) electrons. The van der Waals surface area contributed by atoms with Crippen LogP contribution in [0.3, 0.4) is 0 Å². The van der Waals surface area contributed by atoms with Crippen molar-refractivity contribution < 1.29 is 0 Å². The summed E-state index contributed by atoms with van der Waals surface area (Å²) in [6.07, 6.45) is 0. The highest BCUT2D eigenvalue weighted by atomic mass is 32.1. The number of fused-ring (bicyclic) bond motifs is 14. The van der Waals surface area contributed by atoms with Gasteiger partial charge in [-0.15, -0.1) is 11.3 Å². The van der Waals surface area contributed by atoms with Gasteiger partial charge in [0.25, 0.3) is 0 Å². The number of rotatable bonds is 3. The van der Waals surface area contributed by atoms with Gasteiger partial charge in [0.05, 0.1) is 33.1 Å². The highest BCUT2D eigenvalue weighted by Crippen LogP contribution is 2.44. The molecule has 0 saturated carbocycles. The molecule has 56 heavy (non-hydrogen) atoms. The molecule has 3 nitrogen and oxygen atoms in total. The summed E-state index contributed by atoms with van der Waals surface area (Å²) in [4.78, 5) is 5.54. The molecule has 12 rings (SSSR count). The Hall–Kier alpha value is -7.32. The summed E-state index contributed by atoms with van der Waals surface area (Å²) in [6.45, 7) is 0. The van der Waals surface area contributed by atoms with Crippen LogP contribution < -0.4 is 0 Å². The molecule has 0 amide bonds. The van der Waals surface area contributed by atoms with E-state index in [0.717, 1.165) is 44.6 Å². The number of hydrogen-bond acceptors (Lipinski definition) is 3. The van der Waals surface area contributed by atoms with Gasteiger partial charge in [0.15, 0.2) is 5.65 Å². The van der Waals surface area contributed by atoms with E-state index in [1.807, 2.05) is 35.6 Å². The first-order chi connectivity index (χ1) is 27.7. The van der Waals surface area contributed by atoms with Gasteiger partial charge in [-0.25, -0.2) is 4.98 Å². The second-order valence-electron chi connectivity index (χ2n) is 14.6. The van der Waals surface area contributed by atoms with E-state index in [1.54, 1.807) is 0 Å². The molecular formula is C52H29N3S. The van der Waals surface area contributed by atoms with Crippen LogP contribution in [0.15, 0.2) is 176 Å². The molecular weight excluding hydrogens is 699 g/mol. The maximum atomic E-state index is 9.34. The molecule has 0 spiro atoms. The van der Waals surface area contributed by atoms with Crippen molar-refractivity contribution in [3.8, 4) is 39.6 Å². The average molecular weight is 728 g/mol. The molecule has 4 heteroatoms. The van der Waals surface area contributed by atoms with E-state index in [2.05, 4.69) is 162 Å². The van der Waals surface area contributed by atoms with Crippen molar-refractivity contribution in [2.45, 2.75) is 0 Å². The fourth-order valence-corrected chi connectivity index (χ4v) is 10.2. The molecule has 0 aliphatic rings. The zero-order chi connectivity index (χ0) is 36.9. The number of imidazole rings is 1. The fourth-order valence-electron chi connectivity index (χ4n) is 8.94. The third kappa shape index (κ3) is 4.47. The summed E-state index contributed by atoms with van der Waals surface area (Å²) >= 11 is 1.85. The Morgan fingerprint density at radius 3 is 1.71 bits per heavy atom. The van der Waals surface area contributed by atoms with Crippen LogP contribution in [0.1, 0.15) is 5.56 Å². The van der Waals surface area contributed by atoms with Crippen molar-refractivity contribution in [3.05, 3.63) is 181 Å². The van der Waals surface area contributed by atoms with Gasteiger partial charge < -0.3 is 0 Å². The Balaban J connectivity index is 1.09. The molecule has 0 fully saturated rings. The van der Waals surface area contributed by atoms with Crippen LogP contribution in [0.25, 0.3) is 113 Å². The minimum Gasteiger partial charge on any atom is -0.291 e. The summed E-state index contributed by atoms with van der Waals surface area (Å²) in [5, 5.41) is 21.6. The molecule has 0 atom stereocenters. The largest absolute Gasteiger partial charge is 0.291 e. The molecule has 12 aromatic rings. The number of aromatic nitrogens is 2. The van der Waals surface area contributed by atoms with Gasteiger partial charge in [0, 0.05) is 20.9 Å². The van der Waals surface area contributed by atoms with Crippen LogP contribution in [0, 0.1) is 11.3 Å². The lowest BCUT2D eigenvalue weighted by atomic mass is 9.91. The molecule has 258 valence electrons. The van der Waals surface area contributed by atoms with E-state index in [-0.39, 0.29) is 0 Å². The van der Waals surface area contributed by atoms with E-state index >= 15 is 0 Å². The van der Waals surface area contributed by atoms with Crippen LogP contribution in [0.4, 0.5) is 0 Å². The van der Waals surface area contributed by atoms with E-state index < -0.39 is 0 Å². The lowest BCUT2D eigenvalue weighted by Gasteiger charge is -2.13. The highest BCUT2D eigenvalue weighted by Gasteiger charge is 2.20. The van der Waals surface area contributed by atoms with Crippen LogP contribution in [-0.2, 0) is 0 Å². The Morgan fingerprint density at radius 2 is 1.02 bits per heavy atom. The van der Waals surface area contributed by atoms with Gasteiger partial charge in [0.2, 0.25) is 0 Å². The van der Waals surface area contributed by atoms with E-state index in [9.17, 15) is 5.26 Å². The Labute approximate surface area is 325 Å². The Kier molecular flexibility index (Phi) is 6.57. The zero-order valence-electron chi connectivity index (χ0n) is 30.0. The first kappa shape index (κ1) is 31.1. The van der Waals surface area contributed by atoms with Crippen molar-refractivity contribution in [2.24, 2.45) is 0 Å². The Bertz CT molecular complexity index is 3640. The molecule has 0 aliphatic heterocycles. The minimum absolute atomic E-state index is 0.664. The number of benzene rings is 9. The van der Waals surface area contributed by atoms with Gasteiger partial charge in [-0.05, 0) is 89.8 Å². The lowest BCUT2D eigenvalue weighted by molar-refractivity contribution is 1.25. The van der Waals surface area contributed by atoms with E-state index in [0.29, 0.717) is 5.56 Å². The lowest BCUT2D eigenvalue weighted by Crippen LogP contribution is -1.93. The summed E-state index contributed by atoms with van der Waals surface area (Å²) in [6, 6.07) is 65.4. The van der Waals surface area contributed by atoms with Crippen molar-refractivity contribution in [2.75, 3.05) is 0 Å². The summed E-state index contributed by atoms with van der Waals surface area (Å²) < 4.78 is 4.89. The van der Waals surface area contributed by atoms with Gasteiger partial charge in [-0.1, -0.05) is 152 Å². The predicted molar refractivity (Wildman–Crippen MR) is 237 cm³/mol. The SMILES string of the molecule is N#Cc1ccc(-c2ccc(-c3ccc(-c4cc5c6ccc7ccccc7c6sc5c5nc6c7ccc8ccccc8c7ccc6n45)cc3)c3ccccc23)cc1. The number of hydrogen-bond donors (Lipinski definition) is 0. The number of nitriles is 1. The van der Waals surface area contributed by atoms with Gasteiger partial charge >= 0.3 is 0 Å². The van der Waals surface area contributed by atoms with Gasteiger partial charge in [-0.3, -0.25) is 4.40 Å². The normalized spacial score (nSPS) is 11.9. The smallest absolute Gasteiger partial charge is 0.156 e. The summed E-state index contributed by atoms with van der Waals surface area (Å²) in [7, 11) is 0. The highest BCUT2D eigenvalue weighted by molar-refractivity contribution is 7.27. The minimum atomic E-state index is 0.664. The predicted octanol–water partition coefficient (Wildman–Crippen LogP) is 14.3. The second kappa shape index (κ2) is 11.8. The second-order valence-corrected chi connectivity index (χ2v) is 15.6. The number of nitrogens with zero attached hydrogens (tertiary/aromatic N) is 3. The van der Waals surface area contributed by atoms with Gasteiger partial charge in [0.1, 0.15) is 0 Å². The van der Waals surface area contributed by atoms with Crippen LogP contribution in [0.5, 0.6) is 0 Å². The molecule has 0 unspecified atom stereocenters. The molecule has 3 heterocycles. The summed E-state index contributed by atoms with van der Waals surface area (Å²) in [5.74, 6) is 0. The van der Waals surface area contributed by atoms with Crippen molar-refractivity contribution in [1.29, 1.82) is 5.26 Å². The van der Waals surface area contributed by atoms with E-state index in [4.69, 9.17) is 4.98 Å². The fraction of sp³-hybridized carbons (Fsp3) is 0. The molecule has 0 bridgehead atoms. The monoisotopic (exact) mass is 727 g/mol. The summed E-state index contributed by atoms with van der Waals surface area (Å²) in [5.41, 5.74) is 10.7. The third-order valence-electron chi connectivity index (χ3n) is 11.6. The first-order valence-electron chi connectivity index (χ1n) is 18.8. The van der Waals surface area contributed by atoms with Crippen LogP contribution in [-0.4, -0.2) is 9.38 Å². The van der Waals surface area contributed by atoms with Crippen LogP contribution in [0.2, 0.25) is 0 Å². The molecule has 0 saturated heterocycles. The standard InChI is InChI=1S/C52H29N3S/c53-30-31-13-15-34(16-14-31)38-25-26-39(42-12-6-5-11-41(38)42)35-17-19-36(20-18-35)48-29-46-45-24-22-33-8-2-4-10-40(33)50(45)56-51(46)52-54-49-44-23-21-32-7-1-3-9-37(32)43(44)27-28-47(49)55(48)52/h1-29H.